The molecule has 25 heavy (non-hydrogen) atoms. The van der Waals surface area contributed by atoms with Gasteiger partial charge in [-0.05, 0) is 37.3 Å². The first kappa shape index (κ1) is 17.9. The number of pyridine rings is 1. The van der Waals surface area contributed by atoms with Gasteiger partial charge in [0.05, 0.1) is 0 Å². The highest BCUT2D eigenvalue weighted by molar-refractivity contribution is 5.97. The second-order valence-corrected chi connectivity index (χ2v) is 5.21. The molecule has 8 nitrogen and oxygen atoms in total. The molecule has 0 saturated heterocycles. The van der Waals surface area contributed by atoms with Gasteiger partial charge in [0.15, 0.2) is 12.3 Å². The van der Waals surface area contributed by atoms with Gasteiger partial charge in [-0.2, -0.15) is 4.73 Å². The molecule has 2 amide bonds. The molecule has 1 atom stereocenters. The summed E-state index contributed by atoms with van der Waals surface area (Å²) in [6.45, 7) is 2.79. The van der Waals surface area contributed by atoms with Gasteiger partial charge in [-0.15, -0.1) is 0 Å². The lowest BCUT2D eigenvalue weighted by Gasteiger charge is -2.13. The number of nitrogens with zero attached hydrogens (tertiary/aromatic N) is 1. The number of hydrogen-bond donors (Lipinski definition) is 2. The maximum Gasteiger partial charge on any atom is 0.405 e. The minimum atomic E-state index is -1.09. The van der Waals surface area contributed by atoms with Crippen LogP contribution in [0.15, 0.2) is 48.7 Å². The van der Waals surface area contributed by atoms with E-state index in [1.165, 1.54) is 32.0 Å². The fourth-order valence-corrected chi connectivity index (χ4v) is 1.94. The zero-order valence-electron chi connectivity index (χ0n) is 13.7. The zero-order valence-corrected chi connectivity index (χ0v) is 13.7. The molecule has 0 radical (unpaired) electrons. The van der Waals surface area contributed by atoms with Gasteiger partial charge in [0.25, 0.3) is 5.91 Å². The molecule has 0 fully saturated rings. The van der Waals surface area contributed by atoms with E-state index in [-0.39, 0.29) is 11.6 Å². The summed E-state index contributed by atoms with van der Waals surface area (Å²) in [6.07, 6.45) is 0.0700. The Kier molecular flexibility index (Phi) is 5.67. The van der Waals surface area contributed by atoms with Crippen LogP contribution in [0.1, 0.15) is 24.3 Å². The van der Waals surface area contributed by atoms with E-state index in [1.807, 2.05) is 0 Å². The molecule has 2 N–H and O–H groups in total. The van der Waals surface area contributed by atoms with Gasteiger partial charge in [-0.3, -0.25) is 9.59 Å². The Hall–Kier alpha value is -3.42. The summed E-state index contributed by atoms with van der Waals surface area (Å²) in [6, 6.07) is 10.7. The van der Waals surface area contributed by atoms with Crippen LogP contribution in [0.25, 0.3) is 0 Å². The van der Waals surface area contributed by atoms with Crippen molar-refractivity contribution in [3.63, 3.8) is 0 Å². The highest BCUT2D eigenvalue weighted by Crippen LogP contribution is 2.14. The van der Waals surface area contributed by atoms with Gasteiger partial charge in [0, 0.05) is 30.4 Å². The quantitative estimate of drug-likeness (QED) is 0.485. The van der Waals surface area contributed by atoms with Crippen LogP contribution in [-0.2, 0) is 14.3 Å². The second-order valence-electron chi connectivity index (χ2n) is 5.21. The second kappa shape index (κ2) is 7.91. The van der Waals surface area contributed by atoms with Crippen LogP contribution in [0.2, 0.25) is 0 Å². The van der Waals surface area contributed by atoms with Crippen LogP contribution >= 0.6 is 0 Å². The summed E-state index contributed by atoms with van der Waals surface area (Å²) < 4.78 is 5.37. The number of esters is 1. The van der Waals surface area contributed by atoms with E-state index >= 15 is 0 Å². The molecule has 0 unspecified atom stereocenters. The van der Waals surface area contributed by atoms with E-state index < -0.39 is 18.0 Å². The van der Waals surface area contributed by atoms with Crippen molar-refractivity contribution in [2.75, 3.05) is 10.6 Å². The van der Waals surface area contributed by atoms with Crippen LogP contribution in [-0.4, -0.2) is 23.9 Å². The van der Waals surface area contributed by atoms with Crippen molar-refractivity contribution in [3.05, 3.63) is 59.6 Å². The number of carbonyl (C=O) groups excluding carboxylic acids is 3. The number of carbonyl (C=O) groups is 3. The topological polar surface area (TPSA) is 111 Å². The minimum absolute atomic E-state index is 0.200. The molecule has 0 spiro atoms. The first-order chi connectivity index (χ1) is 11.9. The summed E-state index contributed by atoms with van der Waals surface area (Å²) in [5, 5.41) is 16.7. The van der Waals surface area contributed by atoms with E-state index in [9.17, 15) is 19.6 Å². The highest BCUT2D eigenvalue weighted by Gasteiger charge is 2.23. The van der Waals surface area contributed by atoms with Gasteiger partial charge in [0.2, 0.25) is 5.91 Å². The van der Waals surface area contributed by atoms with E-state index in [0.717, 1.165) is 6.20 Å². The van der Waals surface area contributed by atoms with Gasteiger partial charge < -0.3 is 20.6 Å². The normalized spacial score (nSPS) is 11.3. The molecule has 0 aliphatic carbocycles. The Morgan fingerprint density at radius 3 is 2.20 bits per heavy atom. The minimum Gasteiger partial charge on any atom is -0.618 e. The monoisotopic (exact) mass is 343 g/mol. The molecule has 1 heterocycles. The molecule has 130 valence electrons. The fraction of sp³-hybridized carbons (Fsp3) is 0.176. The van der Waals surface area contributed by atoms with Crippen molar-refractivity contribution in [3.8, 4) is 0 Å². The van der Waals surface area contributed by atoms with Crippen molar-refractivity contribution >= 4 is 29.2 Å². The summed E-state index contributed by atoms with van der Waals surface area (Å²) in [5.74, 6) is -1.64. The smallest absolute Gasteiger partial charge is 0.405 e. The third-order valence-corrected chi connectivity index (χ3v) is 3.16. The molecule has 1 aromatic carbocycles. The van der Waals surface area contributed by atoms with Crippen LogP contribution in [0.4, 0.5) is 11.4 Å². The predicted molar refractivity (Wildman–Crippen MR) is 89.7 cm³/mol. The Morgan fingerprint density at radius 2 is 1.64 bits per heavy atom. The van der Waals surface area contributed by atoms with Crippen molar-refractivity contribution in [1.29, 1.82) is 0 Å². The molecule has 0 aliphatic rings. The lowest BCUT2D eigenvalue weighted by molar-refractivity contribution is -0.608. The number of aromatic nitrogens is 1. The third kappa shape index (κ3) is 5.03. The maximum absolute atomic E-state index is 12.1. The van der Waals surface area contributed by atoms with Crippen molar-refractivity contribution in [2.24, 2.45) is 0 Å². The van der Waals surface area contributed by atoms with Crippen LogP contribution < -0.4 is 15.4 Å². The molecule has 0 bridgehead atoms. The van der Waals surface area contributed by atoms with E-state index in [0.29, 0.717) is 16.1 Å². The third-order valence-electron chi connectivity index (χ3n) is 3.16. The Labute approximate surface area is 144 Å². The highest BCUT2D eigenvalue weighted by atomic mass is 16.6. The molecule has 8 heteroatoms. The molecule has 0 aliphatic heterocycles. The standard InChI is InChI=1S/C17H17N3O5/c1-11(25-17(23)15-5-3-4-10-20(15)24)16(22)19-14-8-6-13(7-9-14)18-12(2)21/h3-11H,1-2H3,(H,18,21)(H,19,22)/t11-/m1/s1. The average molecular weight is 343 g/mol. The Morgan fingerprint density at radius 1 is 1.04 bits per heavy atom. The molecular weight excluding hydrogens is 326 g/mol. The van der Waals surface area contributed by atoms with E-state index in [4.69, 9.17) is 4.74 Å². The van der Waals surface area contributed by atoms with E-state index in [1.54, 1.807) is 24.3 Å². The Balaban J connectivity index is 1.95. The fourth-order valence-electron chi connectivity index (χ4n) is 1.94. The zero-order chi connectivity index (χ0) is 18.4. The molecule has 0 saturated carbocycles. The molecule has 2 rings (SSSR count). The number of anilines is 2. The maximum atomic E-state index is 12.1. The number of nitrogens with one attached hydrogen (secondary N) is 2. The Bertz CT molecular complexity index is 789. The summed E-state index contributed by atoms with van der Waals surface area (Å²) in [4.78, 5) is 35.0. The number of amides is 2. The van der Waals surface area contributed by atoms with Gasteiger partial charge in [-0.25, -0.2) is 4.79 Å². The van der Waals surface area contributed by atoms with Crippen LogP contribution in [0.3, 0.4) is 0 Å². The molecule has 1 aromatic heterocycles. The average Bonchev–Trinajstić information content (AvgIpc) is 2.56. The van der Waals surface area contributed by atoms with E-state index in [2.05, 4.69) is 10.6 Å². The summed E-state index contributed by atoms with van der Waals surface area (Å²) >= 11 is 0. The number of rotatable bonds is 5. The van der Waals surface area contributed by atoms with Crippen molar-refractivity contribution in [1.82, 2.24) is 0 Å². The lowest BCUT2D eigenvalue weighted by atomic mass is 10.2. The number of benzene rings is 1. The summed E-state index contributed by atoms with van der Waals surface area (Å²) in [5.41, 5.74) is 0.858. The predicted octanol–water partition coefficient (Wildman–Crippen LogP) is 1.46. The van der Waals surface area contributed by atoms with Gasteiger partial charge in [-0.1, -0.05) is 0 Å². The summed E-state index contributed by atoms with van der Waals surface area (Å²) in [7, 11) is 0. The number of hydrogen-bond acceptors (Lipinski definition) is 5. The SMILES string of the molecule is CC(=O)Nc1ccc(NC(=O)[C@@H](C)OC(=O)c2cccc[n+]2[O-])cc1. The van der Waals surface area contributed by atoms with Crippen LogP contribution in [0, 0.1) is 5.21 Å². The van der Waals surface area contributed by atoms with Crippen molar-refractivity contribution < 1.29 is 23.9 Å². The van der Waals surface area contributed by atoms with Crippen LogP contribution in [0.5, 0.6) is 0 Å². The van der Waals surface area contributed by atoms with Gasteiger partial charge in [0.1, 0.15) is 0 Å². The van der Waals surface area contributed by atoms with Gasteiger partial charge >= 0.3 is 11.7 Å². The first-order valence-electron chi connectivity index (χ1n) is 7.44. The number of ether oxygens (including phenoxy) is 1. The first-order valence-corrected chi connectivity index (χ1v) is 7.44. The molecule has 2 aromatic rings. The molecular formula is C17H17N3O5. The van der Waals surface area contributed by atoms with Crippen molar-refractivity contribution in [2.45, 2.75) is 20.0 Å². The largest absolute Gasteiger partial charge is 0.618 e. The lowest BCUT2D eigenvalue weighted by Crippen LogP contribution is -2.37.